The first-order chi connectivity index (χ1) is 8.35. The largest absolute Gasteiger partial charge is 0.480 e. The molecule has 0 aromatic carbocycles. The van der Waals surface area contributed by atoms with E-state index >= 15 is 0 Å². The van der Waals surface area contributed by atoms with Crippen molar-refractivity contribution in [3.8, 4) is 0 Å². The van der Waals surface area contributed by atoms with E-state index < -0.39 is 18.0 Å². The van der Waals surface area contributed by atoms with Crippen molar-refractivity contribution in [2.45, 2.75) is 0 Å². The zero-order chi connectivity index (χ0) is 14.1. The molecule has 8 nitrogen and oxygen atoms in total. The number of rotatable bonds is 7. The molecule has 0 aromatic rings. The van der Waals surface area contributed by atoms with E-state index in [2.05, 4.69) is 4.74 Å². The average molecular weight is 261 g/mol. The van der Waals surface area contributed by atoms with Crippen molar-refractivity contribution in [1.82, 2.24) is 15.1 Å². The molecule has 0 fully saturated rings. The maximum Gasteiger partial charge on any atom is 0.413 e. The van der Waals surface area contributed by atoms with Gasteiger partial charge in [-0.05, 0) is 14.1 Å². The van der Waals surface area contributed by atoms with Crippen LogP contribution in [0.5, 0.6) is 0 Å². The number of alkyl carbamates (subject to hydrolysis) is 1. The number of hydrogen-bond acceptors (Lipinski definition) is 6. The van der Waals surface area contributed by atoms with Gasteiger partial charge in [0.2, 0.25) is 5.91 Å². The number of amides is 2. The molecule has 0 aliphatic heterocycles. The van der Waals surface area contributed by atoms with Gasteiger partial charge < -0.3 is 14.7 Å². The number of methoxy groups -OCH3 is 1. The first kappa shape index (κ1) is 16.3. The highest BCUT2D eigenvalue weighted by Crippen LogP contribution is 1.90. The Morgan fingerprint density at radius 1 is 1.17 bits per heavy atom. The van der Waals surface area contributed by atoms with Crippen molar-refractivity contribution >= 4 is 18.0 Å². The molecule has 8 heteroatoms. The molecule has 0 aliphatic rings. The summed E-state index contributed by atoms with van der Waals surface area (Å²) in [6.45, 7) is 0.588. The molecule has 0 heterocycles. The van der Waals surface area contributed by atoms with Gasteiger partial charge in [-0.3, -0.25) is 19.8 Å². The van der Waals surface area contributed by atoms with E-state index in [0.717, 1.165) is 7.11 Å². The van der Waals surface area contributed by atoms with Gasteiger partial charge in [-0.25, -0.2) is 4.79 Å². The SMILES string of the molecule is COC(=O)NC(=O)CN(CCN(C)C)CC(=O)O. The lowest BCUT2D eigenvalue weighted by atomic mass is 10.4. The standard InChI is InChI=1S/C10H19N3O5/c1-12(2)4-5-13(7-9(15)16)6-8(14)11-10(17)18-3/h4-7H2,1-3H3,(H,15,16)(H,11,14,17). The number of carbonyl (C=O) groups excluding carboxylic acids is 2. The maximum absolute atomic E-state index is 11.4. The number of carboxylic acid groups (broad SMARTS) is 1. The van der Waals surface area contributed by atoms with Crippen molar-refractivity contribution < 1.29 is 24.2 Å². The van der Waals surface area contributed by atoms with Crippen LogP contribution in [0.4, 0.5) is 4.79 Å². The summed E-state index contributed by atoms with van der Waals surface area (Å²) in [5.41, 5.74) is 0. The molecule has 0 atom stereocenters. The Balaban J connectivity index is 4.25. The minimum atomic E-state index is -1.03. The zero-order valence-corrected chi connectivity index (χ0v) is 10.8. The van der Waals surface area contributed by atoms with Gasteiger partial charge in [0.15, 0.2) is 0 Å². The lowest BCUT2D eigenvalue weighted by Gasteiger charge is -2.21. The first-order valence-electron chi connectivity index (χ1n) is 5.31. The molecular formula is C10H19N3O5. The van der Waals surface area contributed by atoms with E-state index in [9.17, 15) is 14.4 Å². The molecule has 2 amide bonds. The normalized spacial score (nSPS) is 10.5. The van der Waals surface area contributed by atoms with E-state index in [1.807, 2.05) is 24.3 Å². The molecular weight excluding hydrogens is 242 g/mol. The van der Waals surface area contributed by atoms with E-state index in [1.165, 1.54) is 4.90 Å². The fourth-order valence-electron chi connectivity index (χ4n) is 1.15. The topological polar surface area (TPSA) is 99.2 Å². The van der Waals surface area contributed by atoms with Crippen molar-refractivity contribution in [3.05, 3.63) is 0 Å². The van der Waals surface area contributed by atoms with Crippen LogP contribution in [0.3, 0.4) is 0 Å². The van der Waals surface area contributed by atoms with Gasteiger partial charge in [0.1, 0.15) is 0 Å². The van der Waals surface area contributed by atoms with E-state index in [0.29, 0.717) is 13.1 Å². The zero-order valence-electron chi connectivity index (χ0n) is 10.8. The monoisotopic (exact) mass is 261 g/mol. The maximum atomic E-state index is 11.4. The molecule has 104 valence electrons. The third-order valence-corrected chi connectivity index (χ3v) is 2.02. The highest BCUT2D eigenvalue weighted by atomic mass is 16.5. The Morgan fingerprint density at radius 3 is 2.22 bits per heavy atom. The average Bonchev–Trinajstić information content (AvgIpc) is 2.24. The molecule has 0 radical (unpaired) electrons. The molecule has 0 aliphatic carbocycles. The quantitative estimate of drug-likeness (QED) is 0.595. The third-order valence-electron chi connectivity index (χ3n) is 2.02. The predicted octanol–water partition coefficient (Wildman–Crippen LogP) is -1.18. The minimum Gasteiger partial charge on any atom is -0.480 e. The molecule has 0 rings (SSSR count). The summed E-state index contributed by atoms with van der Waals surface area (Å²) in [7, 11) is 4.82. The van der Waals surface area contributed by atoms with Crippen LogP contribution in [0.2, 0.25) is 0 Å². The molecule has 0 saturated heterocycles. The number of aliphatic carboxylic acids is 1. The highest BCUT2D eigenvalue weighted by molar-refractivity contribution is 5.92. The van der Waals surface area contributed by atoms with Gasteiger partial charge in [-0.15, -0.1) is 0 Å². The summed E-state index contributed by atoms with van der Waals surface area (Å²) < 4.78 is 4.27. The number of nitrogens with one attached hydrogen (secondary N) is 1. The van der Waals surface area contributed by atoms with Gasteiger partial charge in [-0.1, -0.05) is 0 Å². The summed E-state index contributed by atoms with van der Waals surface area (Å²) >= 11 is 0. The number of likely N-dealkylation sites (N-methyl/N-ethyl adjacent to an activating group) is 1. The van der Waals surface area contributed by atoms with Crippen LogP contribution in [0.25, 0.3) is 0 Å². The fraction of sp³-hybridized carbons (Fsp3) is 0.700. The molecule has 0 saturated carbocycles. The van der Waals surface area contributed by atoms with Crippen molar-refractivity contribution in [3.63, 3.8) is 0 Å². The van der Waals surface area contributed by atoms with Crippen LogP contribution in [-0.2, 0) is 14.3 Å². The second-order valence-corrected chi connectivity index (χ2v) is 3.95. The number of carbonyl (C=O) groups is 3. The predicted molar refractivity (Wildman–Crippen MR) is 63.2 cm³/mol. The molecule has 0 aromatic heterocycles. The third kappa shape index (κ3) is 8.48. The Kier molecular flexibility index (Phi) is 7.64. The summed E-state index contributed by atoms with van der Waals surface area (Å²) in [4.78, 5) is 36.1. The second kappa shape index (κ2) is 8.43. The minimum absolute atomic E-state index is 0.171. The van der Waals surface area contributed by atoms with Gasteiger partial charge in [0.25, 0.3) is 0 Å². The van der Waals surface area contributed by atoms with E-state index in [1.54, 1.807) is 0 Å². The molecule has 0 spiro atoms. The molecule has 0 unspecified atom stereocenters. The van der Waals surface area contributed by atoms with Crippen molar-refractivity contribution in [1.29, 1.82) is 0 Å². The first-order valence-corrected chi connectivity index (χ1v) is 5.31. The summed E-state index contributed by atoms with van der Waals surface area (Å²) in [6, 6.07) is 0. The number of nitrogens with zero attached hydrogens (tertiary/aromatic N) is 2. The van der Waals surface area contributed by atoms with Crippen LogP contribution >= 0.6 is 0 Å². The van der Waals surface area contributed by atoms with Gasteiger partial charge in [0, 0.05) is 13.1 Å². The molecule has 2 N–H and O–H groups in total. The lowest BCUT2D eigenvalue weighted by Crippen LogP contribution is -2.44. The fourth-order valence-corrected chi connectivity index (χ4v) is 1.15. The van der Waals surface area contributed by atoms with Crippen molar-refractivity contribution in [2.75, 3.05) is 47.4 Å². The van der Waals surface area contributed by atoms with Crippen molar-refractivity contribution in [2.24, 2.45) is 0 Å². The van der Waals surface area contributed by atoms with Crippen LogP contribution in [0.15, 0.2) is 0 Å². The Hall–Kier alpha value is -1.67. The molecule has 18 heavy (non-hydrogen) atoms. The molecule has 0 bridgehead atoms. The highest BCUT2D eigenvalue weighted by Gasteiger charge is 2.15. The van der Waals surface area contributed by atoms with Crippen LogP contribution in [0, 0.1) is 0 Å². The number of imide groups is 1. The van der Waals surface area contributed by atoms with Crippen LogP contribution in [-0.4, -0.2) is 80.3 Å². The summed E-state index contributed by atoms with van der Waals surface area (Å²) in [5, 5.41) is 10.7. The van der Waals surface area contributed by atoms with E-state index in [4.69, 9.17) is 5.11 Å². The lowest BCUT2D eigenvalue weighted by molar-refractivity contribution is -0.138. The second-order valence-electron chi connectivity index (χ2n) is 3.95. The Bertz CT molecular complexity index is 306. The number of ether oxygens (including phenoxy) is 1. The van der Waals surface area contributed by atoms with Crippen LogP contribution < -0.4 is 5.32 Å². The number of carboxylic acids is 1. The van der Waals surface area contributed by atoms with Gasteiger partial charge in [0.05, 0.1) is 20.2 Å². The summed E-state index contributed by atoms with van der Waals surface area (Å²) in [5.74, 6) is -1.62. The Labute approximate surface area is 105 Å². The summed E-state index contributed by atoms with van der Waals surface area (Å²) in [6.07, 6.45) is -0.858. The van der Waals surface area contributed by atoms with Crippen LogP contribution in [0.1, 0.15) is 0 Å². The number of hydrogen-bond donors (Lipinski definition) is 2. The Morgan fingerprint density at radius 2 is 1.78 bits per heavy atom. The van der Waals surface area contributed by atoms with Gasteiger partial charge in [-0.2, -0.15) is 0 Å². The van der Waals surface area contributed by atoms with Gasteiger partial charge >= 0.3 is 12.1 Å². The van der Waals surface area contributed by atoms with E-state index in [-0.39, 0.29) is 13.1 Å². The smallest absolute Gasteiger partial charge is 0.413 e.